The highest BCUT2D eigenvalue weighted by Gasteiger charge is 2.27. The van der Waals surface area contributed by atoms with Gasteiger partial charge in [0.15, 0.2) is 5.65 Å². The number of aromatic nitrogens is 4. The smallest absolute Gasteiger partial charge is 0.273 e. The predicted octanol–water partition coefficient (Wildman–Crippen LogP) is 3.65. The molecule has 11 heteroatoms. The maximum absolute atomic E-state index is 13.1. The van der Waals surface area contributed by atoms with Crippen LogP contribution in [0.3, 0.4) is 0 Å². The minimum atomic E-state index is -0.464. The summed E-state index contributed by atoms with van der Waals surface area (Å²) in [6.07, 6.45) is 3.24. The molecule has 0 bridgehead atoms. The Balaban J connectivity index is 1.36. The van der Waals surface area contributed by atoms with Crippen LogP contribution in [-0.4, -0.2) is 61.7 Å². The van der Waals surface area contributed by atoms with E-state index in [2.05, 4.69) is 20.0 Å². The van der Waals surface area contributed by atoms with E-state index in [0.717, 1.165) is 16.9 Å². The van der Waals surface area contributed by atoms with Gasteiger partial charge in [-0.2, -0.15) is 5.10 Å². The second-order valence-electron chi connectivity index (χ2n) is 7.96. The molecule has 1 aliphatic rings. The Bertz CT molecular complexity index is 1410. The Hall–Kier alpha value is -4.05. The van der Waals surface area contributed by atoms with Gasteiger partial charge in [0.25, 0.3) is 11.6 Å². The zero-order valence-electron chi connectivity index (χ0n) is 18.3. The Morgan fingerprint density at radius 1 is 1.09 bits per heavy atom. The Labute approximate surface area is 199 Å². The maximum atomic E-state index is 13.1. The summed E-state index contributed by atoms with van der Waals surface area (Å²) in [5.74, 6) is 0.541. The highest BCUT2D eigenvalue weighted by molar-refractivity contribution is 6.30. The number of benzene rings is 2. The van der Waals surface area contributed by atoms with Crippen LogP contribution in [-0.2, 0) is 0 Å². The fourth-order valence-corrected chi connectivity index (χ4v) is 4.41. The van der Waals surface area contributed by atoms with Crippen LogP contribution in [0.15, 0.2) is 55.0 Å². The fourth-order valence-electron chi connectivity index (χ4n) is 4.23. The zero-order chi connectivity index (χ0) is 23.8. The van der Waals surface area contributed by atoms with Crippen molar-refractivity contribution >= 4 is 40.0 Å². The van der Waals surface area contributed by atoms with Gasteiger partial charge in [0.2, 0.25) is 0 Å². The van der Waals surface area contributed by atoms with E-state index in [1.807, 2.05) is 18.2 Å². The molecule has 1 aliphatic heterocycles. The number of fused-ring (bicyclic) bond motifs is 1. The van der Waals surface area contributed by atoms with E-state index in [1.54, 1.807) is 40.9 Å². The first-order chi connectivity index (χ1) is 16.4. The molecule has 2 aromatic heterocycles. The number of amides is 1. The second-order valence-corrected chi connectivity index (χ2v) is 8.39. The summed E-state index contributed by atoms with van der Waals surface area (Å²) in [6.45, 7) is 3.67. The van der Waals surface area contributed by atoms with E-state index in [1.165, 1.54) is 12.4 Å². The van der Waals surface area contributed by atoms with Crippen LogP contribution in [0.25, 0.3) is 16.7 Å². The van der Waals surface area contributed by atoms with Crippen LogP contribution >= 0.6 is 11.6 Å². The number of hydrogen-bond donors (Lipinski definition) is 0. The third kappa shape index (κ3) is 3.81. The van der Waals surface area contributed by atoms with Crippen LogP contribution < -0.4 is 4.90 Å². The molecule has 0 radical (unpaired) electrons. The number of carbonyl (C=O) groups is 1. The van der Waals surface area contributed by atoms with Crippen molar-refractivity contribution in [2.45, 2.75) is 6.92 Å². The lowest BCUT2D eigenvalue weighted by molar-refractivity contribution is -0.385. The summed E-state index contributed by atoms with van der Waals surface area (Å²) in [7, 11) is 0. The molecule has 172 valence electrons. The van der Waals surface area contributed by atoms with Gasteiger partial charge >= 0.3 is 0 Å². The van der Waals surface area contributed by atoms with Crippen LogP contribution in [0, 0.1) is 17.0 Å². The van der Waals surface area contributed by atoms with Crippen molar-refractivity contribution in [3.63, 3.8) is 0 Å². The van der Waals surface area contributed by atoms with Crippen molar-refractivity contribution < 1.29 is 9.72 Å². The van der Waals surface area contributed by atoms with Crippen molar-refractivity contribution in [1.29, 1.82) is 0 Å². The number of nitrogens with zero attached hydrogens (tertiary/aromatic N) is 7. The molecule has 5 rings (SSSR count). The number of halogens is 1. The molecule has 1 amide bonds. The number of rotatable bonds is 4. The minimum Gasteiger partial charge on any atom is -0.352 e. The van der Waals surface area contributed by atoms with Crippen LogP contribution in [0.2, 0.25) is 5.02 Å². The van der Waals surface area contributed by atoms with E-state index in [0.29, 0.717) is 48.0 Å². The number of carbonyl (C=O) groups excluding carboxylic acids is 1. The molecular formula is C23H20ClN7O3. The average molecular weight is 478 g/mol. The van der Waals surface area contributed by atoms with Crippen LogP contribution in [0.5, 0.6) is 0 Å². The molecule has 34 heavy (non-hydrogen) atoms. The van der Waals surface area contributed by atoms with Crippen molar-refractivity contribution in [2.24, 2.45) is 0 Å². The molecule has 1 fully saturated rings. The van der Waals surface area contributed by atoms with Gasteiger partial charge in [0, 0.05) is 48.4 Å². The van der Waals surface area contributed by atoms with Gasteiger partial charge in [-0.1, -0.05) is 23.7 Å². The van der Waals surface area contributed by atoms with Crippen molar-refractivity contribution in [2.75, 3.05) is 31.1 Å². The Kier molecular flexibility index (Phi) is 5.58. The highest BCUT2D eigenvalue weighted by Crippen LogP contribution is 2.27. The number of anilines is 1. The minimum absolute atomic E-state index is 0.0513. The van der Waals surface area contributed by atoms with Crippen molar-refractivity contribution in [3.8, 4) is 5.69 Å². The van der Waals surface area contributed by atoms with Crippen LogP contribution in [0.1, 0.15) is 15.9 Å². The molecule has 2 aromatic carbocycles. The van der Waals surface area contributed by atoms with Gasteiger partial charge in [-0.15, -0.1) is 0 Å². The molecule has 0 atom stereocenters. The Morgan fingerprint density at radius 3 is 2.59 bits per heavy atom. The first-order valence-corrected chi connectivity index (χ1v) is 11.0. The number of nitro benzene ring substituents is 1. The van der Waals surface area contributed by atoms with Gasteiger partial charge in [0.05, 0.1) is 22.2 Å². The molecule has 10 nitrogen and oxygen atoms in total. The number of nitro groups is 1. The molecule has 0 N–H and O–H groups in total. The molecule has 0 unspecified atom stereocenters. The van der Waals surface area contributed by atoms with E-state index in [4.69, 9.17) is 11.6 Å². The predicted molar refractivity (Wildman–Crippen MR) is 128 cm³/mol. The lowest BCUT2D eigenvalue weighted by Crippen LogP contribution is -2.49. The molecule has 0 saturated carbocycles. The summed E-state index contributed by atoms with van der Waals surface area (Å²) < 4.78 is 1.72. The average Bonchev–Trinajstić information content (AvgIpc) is 3.28. The lowest BCUT2D eigenvalue weighted by atomic mass is 10.1. The van der Waals surface area contributed by atoms with Crippen molar-refractivity contribution in [1.82, 2.24) is 24.6 Å². The summed E-state index contributed by atoms with van der Waals surface area (Å²) in [4.78, 5) is 36.6. The summed E-state index contributed by atoms with van der Waals surface area (Å²) >= 11 is 6.14. The van der Waals surface area contributed by atoms with E-state index in [-0.39, 0.29) is 11.6 Å². The van der Waals surface area contributed by atoms with E-state index in [9.17, 15) is 14.9 Å². The summed E-state index contributed by atoms with van der Waals surface area (Å²) in [6, 6.07) is 12.0. The third-order valence-electron chi connectivity index (χ3n) is 6.00. The van der Waals surface area contributed by atoms with E-state index >= 15 is 0 Å². The largest absolute Gasteiger partial charge is 0.352 e. The first kappa shape index (κ1) is 21.8. The first-order valence-electron chi connectivity index (χ1n) is 10.7. The molecule has 0 spiro atoms. The molecule has 0 aliphatic carbocycles. The van der Waals surface area contributed by atoms with Crippen LogP contribution in [0.4, 0.5) is 11.5 Å². The molecule has 4 aromatic rings. The fraction of sp³-hybridized carbons (Fsp3) is 0.217. The molecule has 1 saturated heterocycles. The van der Waals surface area contributed by atoms with Gasteiger partial charge in [0.1, 0.15) is 12.1 Å². The SMILES string of the molecule is Cc1c(C(=O)N2CCN(c3ncnc4c3cnn4-c3cccc(Cl)c3)CC2)cccc1[N+](=O)[O-]. The highest BCUT2D eigenvalue weighted by atomic mass is 35.5. The maximum Gasteiger partial charge on any atom is 0.273 e. The lowest BCUT2D eigenvalue weighted by Gasteiger charge is -2.35. The quantitative estimate of drug-likeness (QED) is 0.326. The van der Waals surface area contributed by atoms with Gasteiger partial charge in [-0.25, -0.2) is 14.6 Å². The Morgan fingerprint density at radius 2 is 1.85 bits per heavy atom. The monoisotopic (exact) mass is 477 g/mol. The van der Waals surface area contributed by atoms with Gasteiger partial charge < -0.3 is 9.80 Å². The summed E-state index contributed by atoms with van der Waals surface area (Å²) in [5.41, 5.74) is 2.15. The summed E-state index contributed by atoms with van der Waals surface area (Å²) in [5, 5.41) is 17.1. The standard InChI is InChI=1S/C23H20ClN7O3/c1-15-18(6-3-7-20(15)31(33)34)23(32)29-10-8-28(9-11-29)21-19-13-27-30(22(19)26-14-25-21)17-5-2-4-16(24)12-17/h2-7,12-14H,8-11H2,1H3. The normalized spacial score (nSPS) is 13.9. The zero-order valence-corrected chi connectivity index (χ0v) is 19.0. The second kappa shape index (κ2) is 8.71. The van der Waals surface area contributed by atoms with E-state index < -0.39 is 4.92 Å². The number of piperazine rings is 1. The van der Waals surface area contributed by atoms with Gasteiger partial charge in [-0.3, -0.25) is 14.9 Å². The van der Waals surface area contributed by atoms with Gasteiger partial charge in [-0.05, 0) is 31.2 Å². The third-order valence-corrected chi connectivity index (χ3v) is 6.23. The number of hydrogen-bond acceptors (Lipinski definition) is 7. The topological polar surface area (TPSA) is 110 Å². The molecular weight excluding hydrogens is 458 g/mol. The molecule has 3 heterocycles. The van der Waals surface area contributed by atoms with Crippen molar-refractivity contribution in [3.05, 3.63) is 81.3 Å².